The Hall–Kier alpha value is -3.02. The molecule has 1 aliphatic carbocycles. The lowest BCUT2D eigenvalue weighted by Gasteiger charge is -2.44. The average molecular weight is 420 g/mol. The second kappa shape index (κ2) is 7.29. The molecule has 2 aliphatic rings. The number of furan rings is 1. The molecule has 0 spiro atoms. The Kier molecular flexibility index (Phi) is 4.68. The molecule has 1 aromatic carbocycles. The number of fused-ring (bicyclic) bond motifs is 3. The van der Waals surface area contributed by atoms with Crippen molar-refractivity contribution in [1.29, 1.82) is 0 Å². The first-order chi connectivity index (χ1) is 14.9. The van der Waals surface area contributed by atoms with Gasteiger partial charge in [-0.25, -0.2) is 0 Å². The van der Waals surface area contributed by atoms with Gasteiger partial charge in [0.05, 0.1) is 18.3 Å². The summed E-state index contributed by atoms with van der Waals surface area (Å²) in [5.74, 6) is 0.425. The lowest BCUT2D eigenvalue weighted by molar-refractivity contribution is -0.127. The Morgan fingerprint density at radius 1 is 1.13 bits per heavy atom. The number of carbonyl (C=O) groups is 2. The van der Waals surface area contributed by atoms with Gasteiger partial charge in [0.15, 0.2) is 5.58 Å². The highest BCUT2D eigenvalue weighted by molar-refractivity contribution is 6.13. The third kappa shape index (κ3) is 3.25. The van der Waals surface area contributed by atoms with Gasteiger partial charge in [-0.2, -0.15) is 0 Å². The number of aromatic nitrogens is 1. The molecule has 6 heteroatoms. The van der Waals surface area contributed by atoms with Gasteiger partial charge in [-0.15, -0.1) is 0 Å². The third-order valence-electron chi connectivity index (χ3n) is 7.04. The summed E-state index contributed by atoms with van der Waals surface area (Å²) in [6.45, 7) is 6.53. The van der Waals surface area contributed by atoms with Crippen LogP contribution in [-0.2, 0) is 11.3 Å². The van der Waals surface area contributed by atoms with E-state index in [1.165, 1.54) is 0 Å². The van der Waals surface area contributed by atoms with Crippen LogP contribution < -0.4 is 10.2 Å². The lowest BCUT2D eigenvalue weighted by atomic mass is 9.86. The first-order valence-corrected chi connectivity index (χ1v) is 11.2. The van der Waals surface area contributed by atoms with E-state index in [1.54, 1.807) is 17.2 Å². The maximum atomic E-state index is 13.7. The van der Waals surface area contributed by atoms with Crippen LogP contribution in [0.25, 0.3) is 11.1 Å². The molecule has 1 saturated carbocycles. The molecule has 162 valence electrons. The summed E-state index contributed by atoms with van der Waals surface area (Å²) in [4.78, 5) is 29.1. The molecule has 2 amide bonds. The molecule has 0 radical (unpaired) electrons. The second-order valence-corrected chi connectivity index (χ2v) is 9.47. The zero-order chi connectivity index (χ0) is 21.8. The monoisotopic (exact) mass is 419 g/mol. The fraction of sp³-hybridized carbons (Fsp3) is 0.440. The van der Waals surface area contributed by atoms with E-state index in [9.17, 15) is 9.59 Å². The van der Waals surface area contributed by atoms with Crippen LogP contribution in [0.1, 0.15) is 55.6 Å². The highest BCUT2D eigenvalue weighted by Gasteiger charge is 2.49. The molecule has 0 unspecified atom stereocenters. The van der Waals surface area contributed by atoms with Crippen molar-refractivity contribution in [1.82, 2.24) is 9.88 Å². The number of benzene rings is 1. The Morgan fingerprint density at radius 2 is 1.84 bits per heavy atom. The number of nitrogens with one attached hydrogen (secondary N) is 1. The molecule has 0 saturated heterocycles. The average Bonchev–Trinajstić information content (AvgIpc) is 3.33. The van der Waals surface area contributed by atoms with E-state index in [1.807, 2.05) is 48.7 Å². The molecule has 3 aromatic rings. The minimum atomic E-state index is -1.05. The Labute approximate surface area is 182 Å². The topological polar surface area (TPSA) is 67.5 Å². The standard InChI is InChI=1S/C25H29N3O3/c1-16-4-8-18(9-5-16)26-24(30)25(3)15-27-20-12-13-31-22(20)14-21(27)23(29)28(25)19-10-6-17(2)7-11-19/h6-7,10-14,16,18H,4-5,8-9,15H2,1-3H3,(H,26,30)/t16?,18?,25-/m1/s1. The largest absolute Gasteiger partial charge is 0.463 e. The molecule has 5 rings (SSSR count). The second-order valence-electron chi connectivity index (χ2n) is 9.47. The van der Waals surface area contributed by atoms with Gasteiger partial charge in [0.25, 0.3) is 5.91 Å². The predicted octanol–water partition coefficient (Wildman–Crippen LogP) is 4.66. The van der Waals surface area contributed by atoms with Crippen molar-refractivity contribution in [2.24, 2.45) is 5.92 Å². The number of hydrogen-bond donors (Lipinski definition) is 1. The van der Waals surface area contributed by atoms with Gasteiger partial charge >= 0.3 is 0 Å². The third-order valence-corrected chi connectivity index (χ3v) is 7.04. The van der Waals surface area contributed by atoms with Crippen LogP contribution in [0.3, 0.4) is 0 Å². The number of amides is 2. The quantitative estimate of drug-likeness (QED) is 0.672. The number of nitrogens with zero attached hydrogens (tertiary/aromatic N) is 2. The van der Waals surface area contributed by atoms with Gasteiger partial charge in [-0.3, -0.25) is 14.5 Å². The van der Waals surface area contributed by atoms with Crippen molar-refractivity contribution in [2.45, 2.75) is 64.6 Å². The van der Waals surface area contributed by atoms with Crippen molar-refractivity contribution in [3.8, 4) is 0 Å². The summed E-state index contributed by atoms with van der Waals surface area (Å²) >= 11 is 0. The van der Waals surface area contributed by atoms with Crippen LogP contribution >= 0.6 is 0 Å². The highest BCUT2D eigenvalue weighted by atomic mass is 16.3. The van der Waals surface area contributed by atoms with Crippen molar-refractivity contribution in [3.05, 3.63) is 53.9 Å². The van der Waals surface area contributed by atoms with Crippen LogP contribution in [0.2, 0.25) is 0 Å². The zero-order valence-electron chi connectivity index (χ0n) is 18.4. The molecule has 6 nitrogen and oxygen atoms in total. The summed E-state index contributed by atoms with van der Waals surface area (Å²) in [7, 11) is 0. The Bertz CT molecular complexity index is 1130. The molecule has 1 fully saturated rings. The molecule has 31 heavy (non-hydrogen) atoms. The summed E-state index contributed by atoms with van der Waals surface area (Å²) in [6, 6.07) is 11.6. The van der Waals surface area contributed by atoms with Gasteiger partial charge in [0, 0.05) is 23.9 Å². The number of aryl methyl sites for hydroxylation is 1. The van der Waals surface area contributed by atoms with Gasteiger partial charge in [0.1, 0.15) is 11.2 Å². The number of carbonyl (C=O) groups excluding carboxylic acids is 2. The zero-order valence-corrected chi connectivity index (χ0v) is 18.4. The molecule has 1 aliphatic heterocycles. The van der Waals surface area contributed by atoms with E-state index in [0.717, 1.165) is 42.5 Å². The van der Waals surface area contributed by atoms with Crippen molar-refractivity contribution in [3.63, 3.8) is 0 Å². The van der Waals surface area contributed by atoms with Crippen LogP contribution in [-0.4, -0.2) is 28.0 Å². The molecule has 3 heterocycles. The minimum absolute atomic E-state index is 0.100. The van der Waals surface area contributed by atoms with Gasteiger partial charge in [-0.1, -0.05) is 24.6 Å². The minimum Gasteiger partial charge on any atom is -0.463 e. The van der Waals surface area contributed by atoms with Gasteiger partial charge in [-0.05, 0) is 57.6 Å². The van der Waals surface area contributed by atoms with Crippen molar-refractivity contribution in [2.75, 3.05) is 4.90 Å². The van der Waals surface area contributed by atoms with E-state index in [4.69, 9.17) is 4.42 Å². The van der Waals surface area contributed by atoms with E-state index in [2.05, 4.69) is 12.2 Å². The highest BCUT2D eigenvalue weighted by Crippen LogP contribution is 2.36. The summed E-state index contributed by atoms with van der Waals surface area (Å²) in [5, 5.41) is 3.28. The Morgan fingerprint density at radius 3 is 2.55 bits per heavy atom. The van der Waals surface area contributed by atoms with Crippen LogP contribution in [0.15, 0.2) is 47.1 Å². The van der Waals surface area contributed by atoms with Crippen LogP contribution in [0.5, 0.6) is 0 Å². The van der Waals surface area contributed by atoms with Gasteiger partial charge < -0.3 is 14.3 Å². The summed E-state index contributed by atoms with van der Waals surface area (Å²) < 4.78 is 7.47. The maximum Gasteiger partial charge on any atom is 0.276 e. The number of anilines is 1. The molecular weight excluding hydrogens is 390 g/mol. The Balaban J connectivity index is 1.56. The predicted molar refractivity (Wildman–Crippen MR) is 120 cm³/mol. The molecule has 1 N–H and O–H groups in total. The van der Waals surface area contributed by atoms with Crippen molar-refractivity contribution >= 4 is 28.6 Å². The molecule has 0 bridgehead atoms. The van der Waals surface area contributed by atoms with Gasteiger partial charge in [0.2, 0.25) is 5.91 Å². The van der Waals surface area contributed by atoms with E-state index in [0.29, 0.717) is 23.7 Å². The molecular formula is C25H29N3O3. The first kappa shape index (κ1) is 19.9. The first-order valence-electron chi connectivity index (χ1n) is 11.2. The van der Waals surface area contributed by atoms with Crippen molar-refractivity contribution < 1.29 is 14.0 Å². The van der Waals surface area contributed by atoms with Crippen LogP contribution in [0, 0.1) is 12.8 Å². The summed E-state index contributed by atoms with van der Waals surface area (Å²) in [6.07, 6.45) is 5.85. The van der Waals surface area contributed by atoms with E-state index in [-0.39, 0.29) is 17.9 Å². The lowest BCUT2D eigenvalue weighted by Crippen LogP contribution is -2.65. The maximum absolute atomic E-state index is 13.7. The SMILES string of the molecule is Cc1ccc(N2C(=O)c3cc4occc4n3C[C@]2(C)C(=O)NC2CCC(C)CC2)cc1. The smallest absolute Gasteiger partial charge is 0.276 e. The molecule has 2 aromatic heterocycles. The normalized spacial score (nSPS) is 26.2. The van der Waals surface area contributed by atoms with E-state index < -0.39 is 5.54 Å². The summed E-state index contributed by atoms with van der Waals surface area (Å²) in [5.41, 5.74) is 2.85. The number of hydrogen-bond acceptors (Lipinski definition) is 3. The fourth-order valence-electron chi connectivity index (χ4n) is 5.06. The van der Waals surface area contributed by atoms with E-state index >= 15 is 0 Å². The number of rotatable bonds is 3. The van der Waals surface area contributed by atoms with Crippen LogP contribution in [0.4, 0.5) is 5.69 Å². The molecule has 1 atom stereocenters. The fourth-order valence-corrected chi connectivity index (χ4v) is 5.06.